The molecule has 5 nitrogen and oxygen atoms in total. The third-order valence-electron chi connectivity index (χ3n) is 3.98. The SMILES string of the molecule is CN=C(NCc1ccccc1COC)NCc1ccc(C)cc1OC. The Morgan fingerprint density at radius 3 is 2.28 bits per heavy atom. The van der Waals surface area contributed by atoms with Crippen molar-refractivity contribution in [1.82, 2.24) is 10.6 Å². The summed E-state index contributed by atoms with van der Waals surface area (Å²) in [6, 6.07) is 14.4. The Bertz CT molecular complexity index is 714. The van der Waals surface area contributed by atoms with E-state index in [-0.39, 0.29) is 0 Å². The number of hydrogen-bond acceptors (Lipinski definition) is 3. The van der Waals surface area contributed by atoms with Crippen molar-refractivity contribution < 1.29 is 9.47 Å². The summed E-state index contributed by atoms with van der Waals surface area (Å²) in [5.74, 6) is 1.63. The second-order valence-electron chi connectivity index (χ2n) is 5.80. The number of aliphatic imine (C=N–C) groups is 1. The average molecular weight is 341 g/mol. The lowest BCUT2D eigenvalue weighted by molar-refractivity contribution is 0.184. The van der Waals surface area contributed by atoms with Gasteiger partial charge in [0.1, 0.15) is 5.75 Å². The van der Waals surface area contributed by atoms with Gasteiger partial charge in [-0.25, -0.2) is 0 Å². The van der Waals surface area contributed by atoms with E-state index in [1.165, 1.54) is 16.7 Å². The van der Waals surface area contributed by atoms with E-state index in [0.717, 1.165) is 17.3 Å². The molecule has 0 aliphatic rings. The lowest BCUT2D eigenvalue weighted by Crippen LogP contribution is -2.36. The van der Waals surface area contributed by atoms with Gasteiger partial charge in [0, 0.05) is 32.8 Å². The topological polar surface area (TPSA) is 54.9 Å². The second kappa shape index (κ2) is 9.69. The number of nitrogens with zero attached hydrogens (tertiary/aromatic N) is 1. The molecule has 0 atom stereocenters. The monoisotopic (exact) mass is 341 g/mol. The van der Waals surface area contributed by atoms with Gasteiger partial charge in [-0.1, -0.05) is 36.4 Å². The minimum absolute atomic E-state index is 0.602. The van der Waals surface area contributed by atoms with E-state index in [9.17, 15) is 0 Å². The predicted molar refractivity (Wildman–Crippen MR) is 102 cm³/mol. The van der Waals surface area contributed by atoms with Gasteiger partial charge in [0.25, 0.3) is 0 Å². The van der Waals surface area contributed by atoms with Gasteiger partial charge in [-0.2, -0.15) is 0 Å². The molecule has 0 aliphatic heterocycles. The van der Waals surface area contributed by atoms with E-state index < -0.39 is 0 Å². The zero-order valence-corrected chi connectivity index (χ0v) is 15.4. The third-order valence-corrected chi connectivity index (χ3v) is 3.98. The van der Waals surface area contributed by atoms with Crippen molar-refractivity contribution in [2.75, 3.05) is 21.3 Å². The van der Waals surface area contributed by atoms with Crippen molar-refractivity contribution in [2.24, 2.45) is 4.99 Å². The molecule has 0 aliphatic carbocycles. The molecular formula is C20H27N3O2. The van der Waals surface area contributed by atoms with Crippen LogP contribution in [0.2, 0.25) is 0 Å². The molecule has 25 heavy (non-hydrogen) atoms. The summed E-state index contributed by atoms with van der Waals surface area (Å²) >= 11 is 0. The molecule has 2 rings (SSSR count). The smallest absolute Gasteiger partial charge is 0.191 e. The van der Waals surface area contributed by atoms with E-state index in [4.69, 9.17) is 9.47 Å². The lowest BCUT2D eigenvalue weighted by atomic mass is 10.1. The Kier molecular flexibility index (Phi) is 7.29. The molecule has 0 spiro atoms. The zero-order valence-electron chi connectivity index (χ0n) is 15.4. The van der Waals surface area contributed by atoms with Crippen LogP contribution < -0.4 is 15.4 Å². The molecule has 0 bridgehead atoms. The molecule has 0 heterocycles. The van der Waals surface area contributed by atoms with Crippen LogP contribution in [0.5, 0.6) is 5.75 Å². The largest absolute Gasteiger partial charge is 0.496 e. The Labute approximate surface area is 150 Å². The average Bonchev–Trinajstić information content (AvgIpc) is 2.64. The molecular weight excluding hydrogens is 314 g/mol. The van der Waals surface area contributed by atoms with Crippen LogP contribution in [0.15, 0.2) is 47.5 Å². The summed E-state index contributed by atoms with van der Waals surface area (Å²) in [5, 5.41) is 6.68. The molecule has 134 valence electrons. The van der Waals surface area contributed by atoms with Crippen molar-refractivity contribution >= 4 is 5.96 Å². The fourth-order valence-electron chi connectivity index (χ4n) is 2.60. The highest BCUT2D eigenvalue weighted by molar-refractivity contribution is 5.79. The number of aryl methyl sites for hydroxylation is 1. The molecule has 2 N–H and O–H groups in total. The Balaban J connectivity index is 1.96. The summed E-state index contributed by atoms with van der Waals surface area (Å²) in [6.45, 7) is 3.98. The van der Waals surface area contributed by atoms with E-state index in [1.54, 1.807) is 21.3 Å². The first kappa shape index (κ1) is 18.8. The molecule has 0 amide bonds. The van der Waals surface area contributed by atoms with Gasteiger partial charge in [-0.15, -0.1) is 0 Å². The third kappa shape index (κ3) is 5.50. The maximum Gasteiger partial charge on any atom is 0.191 e. The summed E-state index contributed by atoms with van der Waals surface area (Å²) in [6.07, 6.45) is 0. The minimum Gasteiger partial charge on any atom is -0.496 e. The fourth-order valence-corrected chi connectivity index (χ4v) is 2.60. The highest BCUT2D eigenvalue weighted by atomic mass is 16.5. The highest BCUT2D eigenvalue weighted by Gasteiger charge is 2.06. The van der Waals surface area contributed by atoms with Gasteiger partial charge in [-0.05, 0) is 29.7 Å². The van der Waals surface area contributed by atoms with Crippen LogP contribution in [-0.4, -0.2) is 27.2 Å². The zero-order chi connectivity index (χ0) is 18.1. The summed E-state index contributed by atoms with van der Waals surface area (Å²) in [5.41, 5.74) is 4.64. The highest BCUT2D eigenvalue weighted by Crippen LogP contribution is 2.19. The van der Waals surface area contributed by atoms with E-state index in [0.29, 0.717) is 19.7 Å². The second-order valence-corrected chi connectivity index (χ2v) is 5.80. The number of nitrogens with one attached hydrogen (secondary N) is 2. The van der Waals surface area contributed by atoms with Crippen molar-refractivity contribution in [3.63, 3.8) is 0 Å². The first-order valence-electron chi connectivity index (χ1n) is 8.31. The van der Waals surface area contributed by atoms with Gasteiger partial charge in [-0.3, -0.25) is 4.99 Å². The van der Waals surface area contributed by atoms with Gasteiger partial charge >= 0.3 is 0 Å². The molecule has 0 saturated carbocycles. The maximum atomic E-state index is 5.45. The summed E-state index contributed by atoms with van der Waals surface area (Å²) in [7, 11) is 5.17. The van der Waals surface area contributed by atoms with E-state index in [2.05, 4.69) is 46.8 Å². The number of rotatable bonds is 7. The molecule has 2 aromatic rings. The van der Waals surface area contributed by atoms with Crippen molar-refractivity contribution in [3.05, 3.63) is 64.7 Å². The molecule has 0 radical (unpaired) electrons. The lowest BCUT2D eigenvalue weighted by Gasteiger charge is -2.15. The standard InChI is InChI=1S/C20H27N3O2/c1-15-9-10-17(19(11-15)25-4)13-23-20(21-2)22-12-16-7-5-6-8-18(16)14-24-3/h5-11H,12-14H2,1-4H3,(H2,21,22,23). The fraction of sp³-hybridized carbons (Fsp3) is 0.350. The van der Waals surface area contributed by atoms with Crippen LogP contribution in [-0.2, 0) is 24.4 Å². The Morgan fingerprint density at radius 2 is 1.64 bits per heavy atom. The molecule has 2 aromatic carbocycles. The number of methoxy groups -OCH3 is 2. The van der Waals surface area contributed by atoms with Crippen LogP contribution >= 0.6 is 0 Å². The number of hydrogen-bond donors (Lipinski definition) is 2. The normalized spacial score (nSPS) is 11.3. The van der Waals surface area contributed by atoms with Crippen LogP contribution in [0.3, 0.4) is 0 Å². The number of benzene rings is 2. The first-order chi connectivity index (χ1) is 12.2. The summed E-state index contributed by atoms with van der Waals surface area (Å²) < 4.78 is 10.7. The van der Waals surface area contributed by atoms with Crippen LogP contribution in [0.25, 0.3) is 0 Å². The molecule has 0 aromatic heterocycles. The van der Waals surface area contributed by atoms with Crippen LogP contribution in [0, 0.1) is 6.92 Å². The predicted octanol–water partition coefficient (Wildman–Crippen LogP) is 3.02. The molecule has 0 unspecified atom stereocenters. The van der Waals surface area contributed by atoms with E-state index >= 15 is 0 Å². The van der Waals surface area contributed by atoms with Gasteiger partial charge < -0.3 is 20.1 Å². The minimum atomic E-state index is 0.602. The van der Waals surface area contributed by atoms with E-state index in [1.807, 2.05) is 18.2 Å². The van der Waals surface area contributed by atoms with Crippen LogP contribution in [0.1, 0.15) is 22.3 Å². The van der Waals surface area contributed by atoms with Crippen molar-refractivity contribution in [2.45, 2.75) is 26.6 Å². The van der Waals surface area contributed by atoms with Crippen molar-refractivity contribution in [3.8, 4) is 5.75 Å². The first-order valence-corrected chi connectivity index (χ1v) is 8.31. The van der Waals surface area contributed by atoms with Gasteiger partial charge in [0.15, 0.2) is 5.96 Å². The van der Waals surface area contributed by atoms with Gasteiger partial charge in [0.05, 0.1) is 13.7 Å². The summed E-state index contributed by atoms with van der Waals surface area (Å²) in [4.78, 5) is 4.29. The van der Waals surface area contributed by atoms with Gasteiger partial charge in [0.2, 0.25) is 0 Å². The molecule has 0 fully saturated rings. The van der Waals surface area contributed by atoms with Crippen LogP contribution in [0.4, 0.5) is 0 Å². The number of ether oxygens (including phenoxy) is 2. The Morgan fingerprint density at radius 1 is 0.960 bits per heavy atom. The quantitative estimate of drug-likeness (QED) is 0.600. The Hall–Kier alpha value is -2.53. The van der Waals surface area contributed by atoms with Crippen molar-refractivity contribution in [1.29, 1.82) is 0 Å². The number of guanidine groups is 1. The molecule has 5 heteroatoms. The maximum absolute atomic E-state index is 5.45. The molecule has 0 saturated heterocycles.